The van der Waals surface area contributed by atoms with Crippen molar-refractivity contribution in [3.63, 3.8) is 0 Å². The normalized spacial score (nSPS) is 11.4. The Labute approximate surface area is 122 Å². The summed E-state index contributed by atoms with van der Waals surface area (Å²) in [5, 5.41) is 8.87. The van der Waals surface area contributed by atoms with Gasteiger partial charge in [0.1, 0.15) is 5.75 Å². The molecule has 0 unspecified atom stereocenters. The van der Waals surface area contributed by atoms with E-state index >= 15 is 0 Å². The Morgan fingerprint density at radius 2 is 2.17 bits per heavy atom. The van der Waals surface area contributed by atoms with Crippen molar-refractivity contribution in [3.05, 3.63) is 21.0 Å². The highest BCUT2D eigenvalue weighted by Gasteiger charge is 2.34. The Balaban J connectivity index is 3.26. The first-order valence-corrected chi connectivity index (χ1v) is 6.64. The molecule has 1 aromatic heterocycles. The second-order valence-corrected chi connectivity index (χ2v) is 4.76. The molecule has 0 aliphatic carbocycles. The summed E-state index contributed by atoms with van der Waals surface area (Å²) >= 11 is 4.72. The zero-order valence-electron chi connectivity index (χ0n) is 8.59. The number of rotatable bonds is 4. The summed E-state index contributed by atoms with van der Waals surface area (Å²) in [5.74, 6) is -1.76. The molecule has 0 aromatic carbocycles. The number of aromatic nitrogens is 1. The van der Waals surface area contributed by atoms with Crippen molar-refractivity contribution in [2.24, 2.45) is 0 Å². The molecule has 0 saturated heterocycles. The molecule has 0 aliphatic rings. The van der Waals surface area contributed by atoms with Crippen molar-refractivity contribution < 1.29 is 27.8 Å². The Kier molecular flexibility index (Phi) is 5.20. The van der Waals surface area contributed by atoms with Gasteiger partial charge in [0, 0.05) is 17.1 Å². The van der Waals surface area contributed by atoms with Crippen LogP contribution in [0, 0.1) is 3.57 Å². The SMILES string of the molecule is O=C(O)Cc1cnc(CBr)c(I)c1OC(F)(F)F. The highest BCUT2D eigenvalue weighted by molar-refractivity contribution is 14.1. The minimum absolute atomic E-state index is 0.117. The highest BCUT2D eigenvalue weighted by atomic mass is 127. The van der Waals surface area contributed by atoms with Gasteiger partial charge in [-0.25, -0.2) is 0 Å². The Hall–Kier alpha value is -0.580. The third-order valence-electron chi connectivity index (χ3n) is 1.81. The van der Waals surface area contributed by atoms with Crippen LogP contribution in [0.1, 0.15) is 11.3 Å². The van der Waals surface area contributed by atoms with Gasteiger partial charge in [-0.3, -0.25) is 9.78 Å². The van der Waals surface area contributed by atoms with Gasteiger partial charge in [0.05, 0.1) is 15.7 Å². The maximum absolute atomic E-state index is 12.3. The standard InChI is InChI=1S/C9H6BrF3INO3/c10-2-5-7(14)8(18-9(11,12)13)4(3-15-5)1-6(16)17/h3H,1-2H2,(H,16,17). The third kappa shape index (κ3) is 4.26. The van der Waals surface area contributed by atoms with E-state index in [1.165, 1.54) is 0 Å². The van der Waals surface area contributed by atoms with E-state index in [1.807, 2.05) is 0 Å². The molecule has 100 valence electrons. The van der Waals surface area contributed by atoms with Gasteiger partial charge in [0.2, 0.25) is 0 Å². The fourth-order valence-corrected chi connectivity index (χ4v) is 2.89. The van der Waals surface area contributed by atoms with Crippen LogP contribution in [0.2, 0.25) is 0 Å². The van der Waals surface area contributed by atoms with E-state index in [0.29, 0.717) is 5.69 Å². The van der Waals surface area contributed by atoms with Gasteiger partial charge in [0.25, 0.3) is 0 Å². The van der Waals surface area contributed by atoms with Gasteiger partial charge >= 0.3 is 12.3 Å². The molecule has 1 N–H and O–H groups in total. The van der Waals surface area contributed by atoms with Crippen molar-refractivity contribution in [1.82, 2.24) is 4.98 Å². The number of hydrogen-bond donors (Lipinski definition) is 1. The second kappa shape index (κ2) is 6.04. The summed E-state index contributed by atoms with van der Waals surface area (Å²) in [7, 11) is 0. The number of alkyl halides is 4. The van der Waals surface area contributed by atoms with E-state index in [4.69, 9.17) is 5.11 Å². The molecule has 1 rings (SSSR count). The average Bonchev–Trinajstić information content (AvgIpc) is 2.21. The lowest BCUT2D eigenvalue weighted by Crippen LogP contribution is -2.20. The number of pyridine rings is 1. The number of ether oxygens (including phenoxy) is 1. The van der Waals surface area contributed by atoms with Crippen LogP contribution in [-0.2, 0) is 16.5 Å². The Morgan fingerprint density at radius 3 is 2.61 bits per heavy atom. The molecular formula is C9H6BrF3INO3. The lowest BCUT2D eigenvalue weighted by Gasteiger charge is -2.15. The van der Waals surface area contributed by atoms with Crippen LogP contribution in [0.5, 0.6) is 5.75 Å². The fraction of sp³-hybridized carbons (Fsp3) is 0.333. The van der Waals surface area contributed by atoms with Crippen LogP contribution in [0.25, 0.3) is 0 Å². The maximum atomic E-state index is 12.3. The van der Waals surface area contributed by atoms with Crippen LogP contribution in [-0.4, -0.2) is 22.4 Å². The van der Waals surface area contributed by atoms with Crippen LogP contribution in [0.3, 0.4) is 0 Å². The number of hydrogen-bond acceptors (Lipinski definition) is 3. The van der Waals surface area contributed by atoms with Crippen molar-refractivity contribution >= 4 is 44.5 Å². The van der Waals surface area contributed by atoms with Crippen molar-refractivity contribution in [2.45, 2.75) is 18.1 Å². The van der Waals surface area contributed by atoms with Gasteiger partial charge in [-0.2, -0.15) is 0 Å². The largest absolute Gasteiger partial charge is 0.573 e. The number of carbonyl (C=O) groups is 1. The Bertz CT molecular complexity index is 467. The predicted molar refractivity (Wildman–Crippen MR) is 67.6 cm³/mol. The van der Waals surface area contributed by atoms with Crippen molar-refractivity contribution in [1.29, 1.82) is 0 Å². The summed E-state index contributed by atoms with van der Waals surface area (Å²) < 4.78 is 40.8. The lowest BCUT2D eigenvalue weighted by molar-refractivity contribution is -0.275. The summed E-state index contributed by atoms with van der Waals surface area (Å²) in [5.41, 5.74) is 0.234. The predicted octanol–water partition coefficient (Wildman–Crippen LogP) is 3.11. The molecule has 0 fully saturated rings. The molecule has 0 bridgehead atoms. The molecule has 4 nitrogen and oxygen atoms in total. The number of halogens is 5. The smallest absolute Gasteiger partial charge is 0.481 e. The minimum Gasteiger partial charge on any atom is -0.481 e. The topological polar surface area (TPSA) is 59.4 Å². The second-order valence-electron chi connectivity index (χ2n) is 3.13. The van der Waals surface area contributed by atoms with Crippen LogP contribution < -0.4 is 4.74 Å². The molecule has 9 heteroatoms. The zero-order chi connectivity index (χ0) is 13.9. The molecule has 18 heavy (non-hydrogen) atoms. The maximum Gasteiger partial charge on any atom is 0.573 e. The third-order valence-corrected chi connectivity index (χ3v) is 3.45. The van der Waals surface area contributed by atoms with E-state index < -0.39 is 24.5 Å². The van der Waals surface area contributed by atoms with E-state index in [2.05, 4.69) is 25.7 Å². The summed E-state index contributed by atoms with van der Waals surface area (Å²) in [6.45, 7) is 0. The molecule has 1 heterocycles. The summed E-state index contributed by atoms with van der Waals surface area (Å²) in [6, 6.07) is 0. The molecule has 1 aromatic rings. The van der Waals surface area contributed by atoms with Gasteiger partial charge in [-0.1, -0.05) is 15.9 Å². The van der Waals surface area contributed by atoms with Crippen molar-refractivity contribution in [3.8, 4) is 5.75 Å². The van der Waals surface area contributed by atoms with Gasteiger partial charge in [0.15, 0.2) is 0 Å². The van der Waals surface area contributed by atoms with Gasteiger partial charge in [-0.15, -0.1) is 13.2 Å². The zero-order valence-corrected chi connectivity index (χ0v) is 12.3. The Morgan fingerprint density at radius 1 is 1.56 bits per heavy atom. The first kappa shape index (κ1) is 15.5. The summed E-state index contributed by atoms with van der Waals surface area (Å²) in [4.78, 5) is 14.5. The van der Waals surface area contributed by atoms with E-state index in [9.17, 15) is 18.0 Å². The molecular weight excluding hydrogens is 434 g/mol. The molecule has 0 amide bonds. The fourth-order valence-electron chi connectivity index (χ4n) is 1.15. The number of carboxylic acids is 1. The minimum atomic E-state index is -4.88. The lowest BCUT2D eigenvalue weighted by atomic mass is 10.2. The molecule has 0 saturated carbocycles. The monoisotopic (exact) mass is 439 g/mol. The van der Waals surface area contributed by atoms with Crippen molar-refractivity contribution in [2.75, 3.05) is 0 Å². The van der Waals surface area contributed by atoms with E-state index in [1.54, 1.807) is 22.6 Å². The molecule has 0 radical (unpaired) electrons. The van der Waals surface area contributed by atoms with Crippen LogP contribution in [0.15, 0.2) is 6.20 Å². The van der Waals surface area contributed by atoms with Gasteiger partial charge < -0.3 is 9.84 Å². The van der Waals surface area contributed by atoms with E-state index in [0.717, 1.165) is 6.20 Å². The van der Waals surface area contributed by atoms with Crippen LogP contribution in [0.4, 0.5) is 13.2 Å². The van der Waals surface area contributed by atoms with Crippen LogP contribution >= 0.6 is 38.5 Å². The number of nitrogens with zero attached hydrogens (tertiary/aromatic N) is 1. The molecule has 0 spiro atoms. The summed E-state index contributed by atoms with van der Waals surface area (Å²) in [6.07, 6.45) is -4.39. The first-order valence-electron chi connectivity index (χ1n) is 4.44. The molecule has 0 aliphatic heterocycles. The quantitative estimate of drug-likeness (QED) is 0.578. The van der Waals surface area contributed by atoms with Gasteiger partial charge in [-0.05, 0) is 22.6 Å². The first-order chi connectivity index (χ1) is 8.24. The average molecular weight is 440 g/mol. The number of carboxylic acid groups (broad SMARTS) is 1. The number of aliphatic carboxylic acids is 1. The van der Waals surface area contributed by atoms with E-state index in [-0.39, 0.29) is 14.5 Å². The highest BCUT2D eigenvalue weighted by Crippen LogP contribution is 2.33. The molecule has 0 atom stereocenters.